The van der Waals surface area contributed by atoms with Gasteiger partial charge in [-0.05, 0) is 0 Å². The fraction of sp³-hybridized carbons (Fsp3) is 0.333. The zero-order chi connectivity index (χ0) is 7.56. The fourth-order valence-corrected chi connectivity index (χ4v) is 1.61. The molecule has 2 nitrogen and oxygen atoms in total. The second-order valence-electron chi connectivity index (χ2n) is 1.75. The Kier molecular flexibility index (Phi) is 2.40. The van der Waals surface area contributed by atoms with E-state index in [1.165, 1.54) is 11.3 Å². The summed E-state index contributed by atoms with van der Waals surface area (Å²) >= 11 is 6.88. The van der Waals surface area contributed by atoms with Gasteiger partial charge in [-0.3, -0.25) is 4.79 Å². The van der Waals surface area contributed by atoms with E-state index in [-0.39, 0.29) is 5.78 Å². The second-order valence-corrected chi connectivity index (χ2v) is 2.96. The molecule has 0 atom stereocenters. The van der Waals surface area contributed by atoms with Crippen molar-refractivity contribution in [3.05, 3.63) is 15.5 Å². The Morgan fingerprint density at radius 2 is 2.60 bits per heavy atom. The maximum absolute atomic E-state index is 11.0. The van der Waals surface area contributed by atoms with Crippen molar-refractivity contribution < 1.29 is 4.79 Å². The lowest BCUT2D eigenvalue weighted by Gasteiger charge is -1.88. The second kappa shape index (κ2) is 3.12. The van der Waals surface area contributed by atoms with Crippen molar-refractivity contribution >= 4 is 28.7 Å². The molecule has 0 spiro atoms. The molecule has 1 aromatic rings. The number of ketones is 1. The van der Waals surface area contributed by atoms with Gasteiger partial charge < -0.3 is 0 Å². The predicted octanol–water partition coefficient (Wildman–Crippen LogP) is 2.39. The van der Waals surface area contributed by atoms with Crippen LogP contribution in [-0.2, 0) is 0 Å². The lowest BCUT2D eigenvalue weighted by Crippen LogP contribution is -1.92. The summed E-state index contributed by atoms with van der Waals surface area (Å²) in [5.41, 5.74) is 1.57. The van der Waals surface area contributed by atoms with E-state index < -0.39 is 0 Å². The Labute approximate surface area is 67.9 Å². The first-order valence-electron chi connectivity index (χ1n) is 2.88. The van der Waals surface area contributed by atoms with Crippen molar-refractivity contribution in [1.82, 2.24) is 4.98 Å². The molecule has 0 radical (unpaired) electrons. The SMILES string of the molecule is CCC(=O)c1scnc1Cl. The molecule has 1 rings (SSSR count). The highest BCUT2D eigenvalue weighted by atomic mass is 35.5. The molecule has 0 saturated carbocycles. The van der Waals surface area contributed by atoms with Crippen molar-refractivity contribution in [3.63, 3.8) is 0 Å². The number of nitrogens with zero attached hydrogens (tertiary/aromatic N) is 1. The molecule has 0 aliphatic rings. The number of rotatable bonds is 2. The van der Waals surface area contributed by atoms with Gasteiger partial charge in [0.25, 0.3) is 0 Å². The molecular weight excluding hydrogens is 170 g/mol. The minimum atomic E-state index is 0.0625. The van der Waals surface area contributed by atoms with E-state index >= 15 is 0 Å². The van der Waals surface area contributed by atoms with E-state index in [4.69, 9.17) is 11.6 Å². The van der Waals surface area contributed by atoms with Crippen LogP contribution in [0.1, 0.15) is 23.0 Å². The molecule has 54 valence electrons. The minimum absolute atomic E-state index is 0.0625. The van der Waals surface area contributed by atoms with E-state index in [0.717, 1.165) is 0 Å². The molecule has 0 aliphatic heterocycles. The van der Waals surface area contributed by atoms with Gasteiger partial charge in [0.05, 0.1) is 5.51 Å². The number of halogens is 1. The van der Waals surface area contributed by atoms with Gasteiger partial charge in [0.2, 0.25) is 0 Å². The summed E-state index contributed by atoms with van der Waals surface area (Å²) in [6.07, 6.45) is 0.488. The summed E-state index contributed by atoms with van der Waals surface area (Å²) < 4.78 is 0. The van der Waals surface area contributed by atoms with Gasteiger partial charge in [-0.2, -0.15) is 0 Å². The van der Waals surface area contributed by atoms with E-state index in [9.17, 15) is 4.79 Å². The van der Waals surface area contributed by atoms with Crippen LogP contribution in [0.5, 0.6) is 0 Å². The summed E-state index contributed by atoms with van der Waals surface area (Å²) in [5.74, 6) is 0.0625. The molecule has 10 heavy (non-hydrogen) atoms. The van der Waals surface area contributed by atoms with E-state index in [2.05, 4.69) is 4.98 Å². The molecule has 0 saturated heterocycles. The van der Waals surface area contributed by atoms with Gasteiger partial charge in [-0.1, -0.05) is 18.5 Å². The predicted molar refractivity (Wildman–Crippen MR) is 41.7 cm³/mol. The molecule has 0 bridgehead atoms. The molecule has 0 aromatic carbocycles. The van der Waals surface area contributed by atoms with E-state index in [0.29, 0.717) is 16.5 Å². The summed E-state index contributed by atoms with van der Waals surface area (Å²) in [6.45, 7) is 1.80. The third-order valence-corrected chi connectivity index (χ3v) is 2.36. The normalized spacial score (nSPS) is 9.80. The third kappa shape index (κ3) is 1.36. The Morgan fingerprint density at radius 1 is 1.90 bits per heavy atom. The summed E-state index contributed by atoms with van der Waals surface area (Å²) in [5, 5.41) is 0.330. The summed E-state index contributed by atoms with van der Waals surface area (Å²) in [7, 11) is 0. The van der Waals surface area contributed by atoms with E-state index in [1.807, 2.05) is 0 Å². The van der Waals surface area contributed by atoms with Crippen molar-refractivity contribution in [2.45, 2.75) is 13.3 Å². The number of carbonyl (C=O) groups is 1. The number of thiazole rings is 1. The molecule has 4 heteroatoms. The van der Waals surface area contributed by atoms with E-state index in [1.54, 1.807) is 12.4 Å². The van der Waals surface area contributed by atoms with Gasteiger partial charge in [-0.15, -0.1) is 11.3 Å². The molecule has 0 aliphatic carbocycles. The molecule has 0 N–H and O–H groups in total. The quantitative estimate of drug-likeness (QED) is 0.646. The van der Waals surface area contributed by atoms with Gasteiger partial charge in [0, 0.05) is 6.42 Å². The monoisotopic (exact) mass is 175 g/mol. The Morgan fingerprint density at radius 3 is 3.00 bits per heavy atom. The van der Waals surface area contributed by atoms with Crippen LogP contribution in [0, 0.1) is 0 Å². The first-order valence-corrected chi connectivity index (χ1v) is 4.13. The smallest absolute Gasteiger partial charge is 0.175 e. The standard InChI is InChI=1S/C6H6ClNOS/c1-2-4(9)5-6(7)8-3-10-5/h3H,2H2,1H3. The molecule has 0 fully saturated rings. The van der Waals surface area contributed by atoms with Crippen LogP contribution in [0.2, 0.25) is 5.15 Å². The van der Waals surface area contributed by atoms with Crippen molar-refractivity contribution in [1.29, 1.82) is 0 Å². The van der Waals surface area contributed by atoms with Gasteiger partial charge in [0.1, 0.15) is 4.88 Å². The topological polar surface area (TPSA) is 30.0 Å². The average Bonchev–Trinajstić information content (AvgIpc) is 2.34. The van der Waals surface area contributed by atoms with Crippen molar-refractivity contribution in [3.8, 4) is 0 Å². The zero-order valence-electron chi connectivity index (χ0n) is 5.43. The Hall–Kier alpha value is -0.410. The summed E-state index contributed by atoms with van der Waals surface area (Å²) in [4.78, 5) is 15.3. The first-order chi connectivity index (χ1) is 4.75. The number of hydrogen-bond donors (Lipinski definition) is 0. The van der Waals surface area contributed by atoms with Gasteiger partial charge in [-0.25, -0.2) is 4.98 Å². The first kappa shape index (κ1) is 7.69. The lowest BCUT2D eigenvalue weighted by atomic mass is 10.3. The largest absolute Gasteiger partial charge is 0.293 e. The van der Waals surface area contributed by atoms with Crippen molar-refractivity contribution in [2.75, 3.05) is 0 Å². The van der Waals surface area contributed by atoms with Crippen LogP contribution >= 0.6 is 22.9 Å². The number of aromatic nitrogens is 1. The highest BCUT2D eigenvalue weighted by Gasteiger charge is 2.09. The zero-order valence-corrected chi connectivity index (χ0v) is 7.00. The van der Waals surface area contributed by atoms with Gasteiger partial charge >= 0.3 is 0 Å². The average molecular weight is 176 g/mol. The molecule has 1 heterocycles. The molecule has 0 amide bonds. The molecule has 1 aromatic heterocycles. The Bertz CT molecular complexity index is 246. The van der Waals surface area contributed by atoms with Crippen LogP contribution in [0.3, 0.4) is 0 Å². The number of Topliss-reactive ketones (excluding diaryl/α,β-unsaturated/α-hetero) is 1. The molecule has 0 unspecified atom stereocenters. The minimum Gasteiger partial charge on any atom is -0.293 e. The number of hydrogen-bond acceptors (Lipinski definition) is 3. The maximum atomic E-state index is 11.0. The van der Waals surface area contributed by atoms with Crippen LogP contribution < -0.4 is 0 Å². The maximum Gasteiger partial charge on any atom is 0.175 e. The highest BCUT2D eigenvalue weighted by Crippen LogP contribution is 2.19. The van der Waals surface area contributed by atoms with Crippen molar-refractivity contribution in [2.24, 2.45) is 0 Å². The van der Waals surface area contributed by atoms with Crippen LogP contribution in [0.4, 0.5) is 0 Å². The Balaban J connectivity index is 2.93. The highest BCUT2D eigenvalue weighted by molar-refractivity contribution is 7.12. The van der Waals surface area contributed by atoms with Crippen LogP contribution in [-0.4, -0.2) is 10.8 Å². The van der Waals surface area contributed by atoms with Crippen LogP contribution in [0.15, 0.2) is 5.51 Å². The van der Waals surface area contributed by atoms with Gasteiger partial charge in [0.15, 0.2) is 10.9 Å². The fourth-order valence-electron chi connectivity index (χ4n) is 0.574. The summed E-state index contributed by atoms with van der Waals surface area (Å²) in [6, 6.07) is 0. The number of carbonyl (C=O) groups excluding carboxylic acids is 1. The third-order valence-electron chi connectivity index (χ3n) is 1.10. The molecular formula is C6H6ClNOS. The lowest BCUT2D eigenvalue weighted by molar-refractivity contribution is 0.0992. The van der Waals surface area contributed by atoms with Crippen LogP contribution in [0.25, 0.3) is 0 Å².